The van der Waals surface area contributed by atoms with Crippen molar-refractivity contribution in [1.82, 2.24) is 0 Å². The lowest BCUT2D eigenvalue weighted by molar-refractivity contribution is 1.55. The predicted molar refractivity (Wildman–Crippen MR) is 51.5 cm³/mol. The molecule has 0 N–H and O–H groups in total. The first-order chi connectivity index (χ1) is 4.43. The summed E-state index contributed by atoms with van der Waals surface area (Å²) in [5.41, 5.74) is 0.854. The molecular weight excluding hydrogens is 162 g/mol. The van der Waals surface area contributed by atoms with Crippen LogP contribution < -0.4 is 0 Å². The second-order valence-corrected chi connectivity index (χ2v) is 1.72. The van der Waals surface area contributed by atoms with Gasteiger partial charge in [-0.1, -0.05) is 18.2 Å². The summed E-state index contributed by atoms with van der Waals surface area (Å²) < 4.78 is 0. The highest BCUT2D eigenvalue weighted by Gasteiger charge is 1.79. The molecule has 1 rings (SSSR count). The van der Waals surface area contributed by atoms with Crippen molar-refractivity contribution < 1.29 is 0 Å². The molecule has 1 nitrogen and oxygen atoms in total. The first-order valence-corrected chi connectivity index (χ1v) is 2.97. The van der Waals surface area contributed by atoms with Crippen LogP contribution in [0.15, 0.2) is 35.3 Å². The normalized spacial score (nSPS) is 7.20. The van der Waals surface area contributed by atoms with E-state index in [0.717, 1.165) is 5.69 Å². The molecular formula is C7H7NS2. The van der Waals surface area contributed by atoms with Crippen molar-refractivity contribution in [2.24, 2.45) is 4.99 Å². The van der Waals surface area contributed by atoms with Crippen molar-refractivity contribution in [3.63, 3.8) is 0 Å². The lowest BCUT2D eigenvalue weighted by Gasteiger charge is -1.83. The molecule has 0 saturated carbocycles. The fourth-order valence-corrected chi connectivity index (χ4v) is 0.661. The first kappa shape index (κ1) is 9.37. The van der Waals surface area contributed by atoms with Crippen LogP contribution in [-0.2, 0) is 0 Å². The van der Waals surface area contributed by atoms with Crippen LogP contribution in [0, 0.1) is 0 Å². The largest absolute Gasteiger partial charge is 0.197 e. The average molecular weight is 169 g/mol. The molecule has 0 unspecified atom stereocenters. The van der Waals surface area contributed by atoms with Crippen LogP contribution in [0.2, 0.25) is 0 Å². The Labute approximate surface area is 72.2 Å². The van der Waals surface area contributed by atoms with Gasteiger partial charge in [-0.3, -0.25) is 0 Å². The zero-order chi connectivity index (χ0) is 6.53. The summed E-state index contributed by atoms with van der Waals surface area (Å²) in [6.45, 7) is 0. The smallest absolute Gasteiger partial charge is 0.0739 e. The fraction of sp³-hybridized carbons (Fsp3) is 0. The highest BCUT2D eigenvalue weighted by atomic mass is 32.1. The molecule has 0 fully saturated rings. The van der Waals surface area contributed by atoms with E-state index in [9.17, 15) is 0 Å². The number of hydrogen-bond donors (Lipinski definition) is 0. The van der Waals surface area contributed by atoms with Crippen LogP contribution in [0.4, 0.5) is 5.69 Å². The van der Waals surface area contributed by atoms with E-state index in [0.29, 0.717) is 0 Å². The van der Waals surface area contributed by atoms with Gasteiger partial charge < -0.3 is 0 Å². The highest BCUT2D eigenvalue weighted by molar-refractivity contribution is 7.78. The molecule has 1 aromatic carbocycles. The van der Waals surface area contributed by atoms with Gasteiger partial charge in [0.1, 0.15) is 0 Å². The first-order valence-electron chi connectivity index (χ1n) is 2.56. The lowest BCUT2D eigenvalue weighted by atomic mass is 10.3. The van der Waals surface area contributed by atoms with E-state index in [4.69, 9.17) is 0 Å². The van der Waals surface area contributed by atoms with Gasteiger partial charge in [0.15, 0.2) is 0 Å². The number of aliphatic imine (C=N–C) groups is 1. The number of isothiocyanates is 1. The molecule has 0 spiro atoms. The number of para-hydroxylation sites is 1. The molecule has 52 valence electrons. The zero-order valence-corrected chi connectivity index (χ0v) is 7.06. The predicted octanol–water partition coefficient (Wildman–Crippen LogP) is 2.53. The molecule has 0 aromatic heterocycles. The molecule has 0 saturated heterocycles. The maximum Gasteiger partial charge on any atom is 0.0739 e. The third kappa shape index (κ3) is 2.78. The van der Waals surface area contributed by atoms with Crippen LogP contribution in [0.5, 0.6) is 0 Å². The van der Waals surface area contributed by atoms with Crippen LogP contribution >= 0.6 is 25.7 Å². The van der Waals surface area contributed by atoms with Crippen LogP contribution in [0.1, 0.15) is 0 Å². The van der Waals surface area contributed by atoms with Crippen molar-refractivity contribution in [1.29, 1.82) is 0 Å². The second kappa shape index (κ2) is 5.18. The number of nitrogens with zero attached hydrogens (tertiary/aromatic N) is 1. The molecule has 10 heavy (non-hydrogen) atoms. The Kier molecular flexibility index (Phi) is 4.85. The van der Waals surface area contributed by atoms with Gasteiger partial charge in [0.05, 0.1) is 10.8 Å². The molecule has 0 aliphatic heterocycles. The van der Waals surface area contributed by atoms with Gasteiger partial charge in [-0.15, -0.1) is 0 Å². The average Bonchev–Trinajstić information content (AvgIpc) is 1.91. The summed E-state index contributed by atoms with van der Waals surface area (Å²) in [7, 11) is 0. The molecule has 0 heterocycles. The van der Waals surface area contributed by atoms with Crippen molar-refractivity contribution >= 4 is 36.6 Å². The third-order valence-corrected chi connectivity index (χ3v) is 1.02. The van der Waals surface area contributed by atoms with Crippen molar-refractivity contribution in [2.75, 3.05) is 0 Å². The molecule has 0 radical (unpaired) electrons. The standard InChI is InChI=1S/C7H5NS.H2S/c9-6-8-7-4-2-1-3-5-7;/h1-5H;1H2. The minimum atomic E-state index is 0. The Morgan fingerprint density at radius 2 is 1.80 bits per heavy atom. The maximum atomic E-state index is 4.42. The van der Waals surface area contributed by atoms with E-state index >= 15 is 0 Å². The summed E-state index contributed by atoms with van der Waals surface area (Å²) in [4.78, 5) is 3.77. The van der Waals surface area contributed by atoms with Crippen molar-refractivity contribution in [2.45, 2.75) is 0 Å². The fourth-order valence-electron chi connectivity index (χ4n) is 0.555. The summed E-state index contributed by atoms with van der Waals surface area (Å²) in [6.07, 6.45) is 0. The van der Waals surface area contributed by atoms with Gasteiger partial charge in [-0.05, 0) is 24.4 Å². The van der Waals surface area contributed by atoms with Gasteiger partial charge in [0, 0.05) is 0 Å². The summed E-state index contributed by atoms with van der Waals surface area (Å²) in [5.74, 6) is 0. The van der Waals surface area contributed by atoms with Crippen LogP contribution in [0.3, 0.4) is 0 Å². The topological polar surface area (TPSA) is 12.4 Å². The Balaban J connectivity index is 0.000000810. The van der Waals surface area contributed by atoms with Crippen molar-refractivity contribution in [3.05, 3.63) is 30.3 Å². The van der Waals surface area contributed by atoms with E-state index in [2.05, 4.69) is 22.4 Å². The summed E-state index contributed by atoms with van der Waals surface area (Å²) >= 11 is 4.42. The maximum absolute atomic E-state index is 4.42. The Hall–Kier alpha value is -0.630. The van der Waals surface area contributed by atoms with Crippen LogP contribution in [0.25, 0.3) is 0 Å². The van der Waals surface area contributed by atoms with Gasteiger partial charge in [-0.25, -0.2) is 0 Å². The monoisotopic (exact) mass is 169 g/mol. The number of thiocarbonyl (C=S) groups is 1. The van der Waals surface area contributed by atoms with E-state index in [1.54, 1.807) is 0 Å². The summed E-state index contributed by atoms with van der Waals surface area (Å²) in [6, 6.07) is 9.50. The zero-order valence-electron chi connectivity index (χ0n) is 5.24. The number of hydrogen-bond acceptors (Lipinski definition) is 2. The van der Waals surface area contributed by atoms with E-state index in [1.165, 1.54) is 0 Å². The molecule has 0 atom stereocenters. The molecule has 3 heteroatoms. The van der Waals surface area contributed by atoms with Gasteiger partial charge in [-0.2, -0.15) is 18.5 Å². The SMILES string of the molecule is S.S=C=Nc1ccccc1. The molecule has 0 aliphatic carbocycles. The molecule has 0 amide bonds. The highest BCUT2D eigenvalue weighted by Crippen LogP contribution is 2.07. The second-order valence-electron chi connectivity index (χ2n) is 1.54. The van der Waals surface area contributed by atoms with Gasteiger partial charge in [0.2, 0.25) is 0 Å². The van der Waals surface area contributed by atoms with Crippen molar-refractivity contribution in [3.8, 4) is 0 Å². The third-order valence-electron chi connectivity index (χ3n) is 0.931. The minimum absolute atomic E-state index is 0. The van der Waals surface area contributed by atoms with E-state index in [1.807, 2.05) is 30.3 Å². The van der Waals surface area contributed by atoms with Gasteiger partial charge in [0.25, 0.3) is 0 Å². The van der Waals surface area contributed by atoms with Gasteiger partial charge >= 0.3 is 0 Å². The van der Waals surface area contributed by atoms with E-state index < -0.39 is 0 Å². The molecule has 1 aromatic rings. The van der Waals surface area contributed by atoms with Crippen LogP contribution in [-0.4, -0.2) is 5.16 Å². The Morgan fingerprint density at radius 1 is 1.20 bits per heavy atom. The molecule has 0 aliphatic rings. The minimum Gasteiger partial charge on any atom is -0.197 e. The summed E-state index contributed by atoms with van der Waals surface area (Å²) in [5, 5.41) is 2.29. The quantitative estimate of drug-likeness (QED) is 0.465. The number of benzene rings is 1. The van der Waals surface area contributed by atoms with E-state index in [-0.39, 0.29) is 13.5 Å². The Bertz CT molecular complexity index is 227. The lowest BCUT2D eigenvalue weighted by Crippen LogP contribution is -1.58. The number of rotatable bonds is 1. The Morgan fingerprint density at radius 3 is 2.30 bits per heavy atom. The molecule has 0 bridgehead atoms.